The molecule has 9 atom stereocenters. The first-order valence-electron chi connectivity index (χ1n) is 23.9. The van der Waals surface area contributed by atoms with Crippen LogP contribution in [0, 0.1) is 17.7 Å². The minimum atomic E-state index is -1.29. The van der Waals surface area contributed by atoms with Gasteiger partial charge in [-0.1, -0.05) is 52.3 Å². The number of aliphatic hydroxyl groups is 3. The number of carbonyl (C=O) groups is 1. The number of nitrogens with zero attached hydrogens (tertiary/aromatic N) is 5. The number of H-pyrrole nitrogens is 2. The standard InChI is InChI=1S/C51H64FN9O8/c1-8-28(4)44(58-51(65)68-7)48(63)60-19-11-15-39(60)45-53-25-35(55-45)29-16-17-37-32(20-29)23-40-42-34(52)22-31(24-41(42)69-49(61(37)40)30-12-9-13-33(21-30)66-5)36-26-54-46(56-36)38-14-10-18-59(38)47(62)43(27(2)3)57-50(64)67-6/h9,12-13,16-17,20-28,38-39,43-44,48-51,57-58,63-65H,8,10-11,14-15,18-19H2,1-7H3,(H,53,55)(H,54,56). The van der Waals surface area contributed by atoms with E-state index >= 15 is 4.39 Å². The van der Waals surface area contributed by atoms with Gasteiger partial charge in [-0.05, 0) is 80.0 Å². The summed E-state index contributed by atoms with van der Waals surface area (Å²) < 4.78 is 41.5. The SMILES string of the molecule is CCC(C)C(NC(O)OC)C(O)N1CCCC1c1ncc(-c2ccc3c(c2)cc2n3C(c3cccc(OC)c3)Oc3cc(-c4cnc(C5CCCN5C(=O)C(NC(O)OC)C(C)C)[nH]4)cc(F)c3-2)[nH]1. The first kappa shape index (κ1) is 48.3. The van der Waals surface area contributed by atoms with Gasteiger partial charge in [0.15, 0.2) is 0 Å². The number of methoxy groups -OCH3 is 3. The molecule has 9 unspecified atom stereocenters. The number of aliphatic hydroxyl groups excluding tert-OH is 3. The van der Waals surface area contributed by atoms with Gasteiger partial charge in [0.25, 0.3) is 0 Å². The van der Waals surface area contributed by atoms with E-state index in [-0.39, 0.29) is 29.8 Å². The Kier molecular flexibility index (Phi) is 14.2. The fraction of sp³-hybridized carbons (Fsp3) is 0.471. The van der Waals surface area contributed by atoms with Crippen molar-refractivity contribution in [3.8, 4) is 45.3 Å². The van der Waals surface area contributed by atoms with E-state index in [2.05, 4.69) is 33.6 Å². The van der Waals surface area contributed by atoms with Crippen molar-refractivity contribution < 1.29 is 43.5 Å². The quantitative estimate of drug-likeness (QED) is 0.0446. The van der Waals surface area contributed by atoms with E-state index in [1.807, 2.05) is 85.0 Å². The molecule has 7 N–H and O–H groups in total. The van der Waals surface area contributed by atoms with E-state index in [9.17, 15) is 20.1 Å². The predicted octanol–water partition coefficient (Wildman–Crippen LogP) is 6.76. The second kappa shape index (κ2) is 20.3. The fourth-order valence-electron chi connectivity index (χ4n) is 10.3. The van der Waals surface area contributed by atoms with Gasteiger partial charge in [-0.3, -0.25) is 20.3 Å². The summed E-state index contributed by atoms with van der Waals surface area (Å²) in [6.45, 7) is 9.11. The summed E-state index contributed by atoms with van der Waals surface area (Å²) in [6, 6.07) is 17.4. The number of ether oxygens (including phenoxy) is 4. The van der Waals surface area contributed by atoms with Crippen molar-refractivity contribution in [3.05, 3.63) is 96.1 Å². The maximum absolute atomic E-state index is 16.9. The highest BCUT2D eigenvalue weighted by molar-refractivity contribution is 5.92. The van der Waals surface area contributed by atoms with Crippen molar-refractivity contribution in [1.82, 2.24) is 44.9 Å². The van der Waals surface area contributed by atoms with E-state index in [0.29, 0.717) is 59.3 Å². The van der Waals surface area contributed by atoms with E-state index < -0.39 is 43.2 Å². The topological polar surface area (TPSA) is 208 Å². The number of nitrogens with one attached hydrogen (secondary N) is 4. The van der Waals surface area contributed by atoms with Gasteiger partial charge in [-0.15, -0.1) is 0 Å². The van der Waals surface area contributed by atoms with Crippen LogP contribution >= 0.6 is 0 Å². The lowest BCUT2D eigenvalue weighted by Crippen LogP contribution is -2.56. The van der Waals surface area contributed by atoms with Crippen LogP contribution in [0.3, 0.4) is 0 Å². The van der Waals surface area contributed by atoms with Crippen molar-refractivity contribution in [2.75, 3.05) is 34.4 Å². The maximum Gasteiger partial charge on any atom is 0.240 e. The number of aromatic nitrogens is 5. The molecule has 3 aliphatic heterocycles. The smallest absolute Gasteiger partial charge is 0.240 e. The molecule has 0 aliphatic carbocycles. The molecule has 3 aliphatic rings. The molecule has 368 valence electrons. The van der Waals surface area contributed by atoms with Crippen molar-refractivity contribution in [2.24, 2.45) is 11.8 Å². The minimum Gasteiger partial charge on any atom is -0.497 e. The molecule has 17 nitrogen and oxygen atoms in total. The van der Waals surface area contributed by atoms with Crippen molar-refractivity contribution in [3.63, 3.8) is 0 Å². The molecule has 0 spiro atoms. The molecule has 0 radical (unpaired) electrons. The highest BCUT2D eigenvalue weighted by Crippen LogP contribution is 2.48. The summed E-state index contributed by atoms with van der Waals surface area (Å²) in [5.74, 6) is 1.63. The highest BCUT2D eigenvalue weighted by atomic mass is 19.1. The lowest BCUT2D eigenvalue weighted by molar-refractivity contribution is -0.145. The Morgan fingerprint density at radius 3 is 2.28 bits per heavy atom. The van der Waals surface area contributed by atoms with Crippen molar-refractivity contribution in [2.45, 2.75) is 109 Å². The number of likely N-dealkylation sites (tertiary alicyclic amines) is 2. The Hall–Kier alpha value is -5.70. The largest absolute Gasteiger partial charge is 0.497 e. The Balaban J connectivity index is 1.03. The molecule has 3 aromatic carbocycles. The van der Waals surface area contributed by atoms with E-state index in [4.69, 9.17) is 28.9 Å². The lowest BCUT2D eigenvalue weighted by Gasteiger charge is -2.37. The number of hydrogen-bond acceptors (Lipinski definition) is 13. The third-order valence-corrected chi connectivity index (χ3v) is 14.2. The molecule has 0 bridgehead atoms. The fourth-order valence-corrected chi connectivity index (χ4v) is 10.3. The first-order valence-corrected chi connectivity index (χ1v) is 23.9. The monoisotopic (exact) mass is 949 g/mol. The summed E-state index contributed by atoms with van der Waals surface area (Å²) in [7, 11) is 4.39. The van der Waals surface area contributed by atoms with E-state index in [1.165, 1.54) is 20.3 Å². The van der Waals surface area contributed by atoms with Crippen LogP contribution < -0.4 is 20.1 Å². The van der Waals surface area contributed by atoms with Gasteiger partial charge in [0.05, 0.1) is 71.8 Å². The minimum absolute atomic E-state index is 0.0535. The molecule has 0 saturated carbocycles. The summed E-state index contributed by atoms with van der Waals surface area (Å²) in [6.07, 6.45) is 3.33. The Bertz CT molecular complexity index is 2760. The predicted molar refractivity (Wildman–Crippen MR) is 257 cm³/mol. The van der Waals surface area contributed by atoms with Crippen LogP contribution in [0.4, 0.5) is 4.39 Å². The van der Waals surface area contributed by atoms with Crippen molar-refractivity contribution in [1.29, 1.82) is 0 Å². The average Bonchev–Trinajstić information content (AvgIpc) is 4.23. The number of benzene rings is 3. The molecule has 2 saturated heterocycles. The second-order valence-electron chi connectivity index (χ2n) is 18.8. The van der Waals surface area contributed by atoms with Crippen LogP contribution in [0.15, 0.2) is 73.1 Å². The van der Waals surface area contributed by atoms with Crippen LogP contribution in [0.25, 0.3) is 44.7 Å². The number of hydrogen-bond donors (Lipinski definition) is 7. The number of rotatable bonds is 18. The zero-order chi connectivity index (χ0) is 48.7. The number of imidazole rings is 2. The number of aromatic amines is 2. The second-order valence-corrected chi connectivity index (χ2v) is 18.8. The summed E-state index contributed by atoms with van der Waals surface area (Å²) in [5, 5.41) is 38.9. The Morgan fingerprint density at radius 2 is 1.57 bits per heavy atom. The van der Waals surface area contributed by atoms with E-state index in [0.717, 1.165) is 59.2 Å². The highest BCUT2D eigenvalue weighted by Gasteiger charge is 2.40. The van der Waals surface area contributed by atoms with Crippen LogP contribution in [0.2, 0.25) is 0 Å². The molecular weight excluding hydrogens is 886 g/mol. The molecule has 2 fully saturated rings. The normalized spacial score (nSPS) is 20.9. The van der Waals surface area contributed by atoms with Gasteiger partial charge >= 0.3 is 0 Å². The van der Waals surface area contributed by atoms with Gasteiger partial charge in [0, 0.05) is 49.4 Å². The van der Waals surface area contributed by atoms with Crippen molar-refractivity contribution >= 4 is 16.8 Å². The number of halogens is 1. The molecule has 6 aromatic rings. The van der Waals surface area contributed by atoms with Gasteiger partial charge < -0.3 is 53.7 Å². The van der Waals surface area contributed by atoms with Crippen LogP contribution in [-0.4, -0.2) is 121 Å². The molecule has 1 amide bonds. The maximum atomic E-state index is 16.9. The first-order chi connectivity index (χ1) is 33.3. The summed E-state index contributed by atoms with van der Waals surface area (Å²) >= 11 is 0. The number of amides is 1. The molecule has 18 heteroatoms. The van der Waals surface area contributed by atoms with Gasteiger partial charge in [-0.25, -0.2) is 14.4 Å². The zero-order valence-electron chi connectivity index (χ0n) is 40.1. The van der Waals surface area contributed by atoms with Crippen LogP contribution in [0.1, 0.15) is 95.3 Å². The molecule has 6 heterocycles. The Labute approximate surface area is 401 Å². The summed E-state index contributed by atoms with van der Waals surface area (Å²) in [4.78, 5) is 34.2. The van der Waals surface area contributed by atoms with Crippen LogP contribution in [0.5, 0.6) is 11.5 Å². The number of carbonyl (C=O) groups excluding carboxylic acids is 1. The molecule has 69 heavy (non-hydrogen) atoms. The molecule has 3 aromatic heterocycles. The van der Waals surface area contributed by atoms with Gasteiger partial charge in [0.1, 0.15) is 35.2 Å². The molecular formula is C51H64FN9O8. The third kappa shape index (κ3) is 9.39. The zero-order valence-corrected chi connectivity index (χ0v) is 40.1. The van der Waals surface area contributed by atoms with Gasteiger partial charge in [-0.2, -0.15) is 0 Å². The van der Waals surface area contributed by atoms with Crippen LogP contribution in [-0.2, 0) is 14.3 Å². The van der Waals surface area contributed by atoms with Gasteiger partial charge in [0.2, 0.25) is 25.0 Å². The lowest BCUT2D eigenvalue weighted by atomic mass is 9.96. The Morgan fingerprint density at radius 1 is 0.870 bits per heavy atom. The number of fused-ring (bicyclic) bond motifs is 5. The third-order valence-electron chi connectivity index (χ3n) is 14.2. The average molecular weight is 950 g/mol. The molecule has 9 rings (SSSR count). The summed E-state index contributed by atoms with van der Waals surface area (Å²) in [5.41, 5.74) is 5.38. The van der Waals surface area contributed by atoms with E-state index in [1.54, 1.807) is 18.2 Å².